The summed E-state index contributed by atoms with van der Waals surface area (Å²) < 4.78 is 0. The maximum atomic E-state index is 12.2. The summed E-state index contributed by atoms with van der Waals surface area (Å²) in [6, 6.07) is 0.316. The Morgan fingerprint density at radius 2 is 2.24 bits per heavy atom. The van der Waals surface area contributed by atoms with Gasteiger partial charge in [-0.25, -0.2) is 0 Å². The molecule has 0 aliphatic heterocycles. The fourth-order valence-electron chi connectivity index (χ4n) is 2.43. The van der Waals surface area contributed by atoms with Gasteiger partial charge >= 0.3 is 0 Å². The number of rotatable bonds is 4. The van der Waals surface area contributed by atoms with Gasteiger partial charge in [-0.05, 0) is 12.8 Å². The van der Waals surface area contributed by atoms with Crippen LogP contribution in [0.1, 0.15) is 42.6 Å². The third-order valence-corrected chi connectivity index (χ3v) is 3.28. The van der Waals surface area contributed by atoms with Gasteiger partial charge in [0.2, 0.25) is 0 Å². The van der Waals surface area contributed by atoms with Crippen molar-refractivity contribution in [3.8, 4) is 0 Å². The van der Waals surface area contributed by atoms with E-state index >= 15 is 0 Å². The lowest BCUT2D eigenvalue weighted by Crippen LogP contribution is -2.44. The first-order valence-electron chi connectivity index (χ1n) is 6.19. The molecular formula is C11H19N5O. The molecule has 1 saturated carbocycles. The van der Waals surface area contributed by atoms with Crippen molar-refractivity contribution < 1.29 is 4.79 Å². The zero-order chi connectivity index (χ0) is 12.1. The van der Waals surface area contributed by atoms with E-state index in [0.29, 0.717) is 24.8 Å². The van der Waals surface area contributed by atoms with Gasteiger partial charge in [0.25, 0.3) is 5.91 Å². The van der Waals surface area contributed by atoms with Gasteiger partial charge in [0.1, 0.15) is 0 Å². The molecule has 1 fully saturated rings. The molecule has 1 amide bonds. The molecule has 2 rings (SSSR count). The summed E-state index contributed by atoms with van der Waals surface area (Å²) in [6.45, 7) is 1.08. The molecule has 6 heteroatoms. The lowest BCUT2D eigenvalue weighted by molar-refractivity contribution is 0.0635. The van der Waals surface area contributed by atoms with Crippen LogP contribution >= 0.6 is 0 Å². The van der Waals surface area contributed by atoms with E-state index in [-0.39, 0.29) is 5.91 Å². The van der Waals surface area contributed by atoms with E-state index in [2.05, 4.69) is 15.4 Å². The largest absolute Gasteiger partial charge is 0.333 e. The van der Waals surface area contributed by atoms with Crippen molar-refractivity contribution in [3.63, 3.8) is 0 Å². The second kappa shape index (κ2) is 5.77. The Morgan fingerprint density at radius 1 is 1.47 bits per heavy atom. The summed E-state index contributed by atoms with van der Waals surface area (Å²) in [5, 5.41) is 9.99. The second-order valence-electron chi connectivity index (χ2n) is 4.43. The Balaban J connectivity index is 2.07. The average molecular weight is 237 g/mol. The number of nitrogens with zero attached hydrogens (tertiary/aromatic N) is 3. The first-order chi connectivity index (χ1) is 8.33. The first kappa shape index (κ1) is 12.0. The molecule has 94 valence electrons. The van der Waals surface area contributed by atoms with E-state index in [0.717, 1.165) is 12.8 Å². The maximum Gasteiger partial charge on any atom is 0.276 e. The fourth-order valence-corrected chi connectivity index (χ4v) is 2.43. The number of hydrogen-bond acceptors (Lipinski definition) is 4. The highest BCUT2D eigenvalue weighted by Gasteiger charge is 2.26. The molecule has 1 aliphatic rings. The Kier molecular flexibility index (Phi) is 4.08. The molecule has 0 radical (unpaired) electrons. The monoisotopic (exact) mass is 237 g/mol. The predicted octanol–water partition coefficient (Wildman–Crippen LogP) is 0.538. The molecule has 0 atom stereocenters. The topological polar surface area (TPSA) is 87.9 Å². The molecule has 1 heterocycles. The van der Waals surface area contributed by atoms with Crippen LogP contribution in [0.15, 0.2) is 6.20 Å². The second-order valence-corrected chi connectivity index (χ2v) is 4.43. The van der Waals surface area contributed by atoms with E-state index < -0.39 is 0 Å². The van der Waals surface area contributed by atoms with Gasteiger partial charge in [-0.15, -0.1) is 0 Å². The van der Waals surface area contributed by atoms with E-state index in [4.69, 9.17) is 5.73 Å². The first-order valence-corrected chi connectivity index (χ1v) is 6.19. The predicted molar refractivity (Wildman–Crippen MR) is 63.3 cm³/mol. The van der Waals surface area contributed by atoms with Crippen molar-refractivity contribution in [2.24, 2.45) is 5.73 Å². The van der Waals surface area contributed by atoms with Crippen LogP contribution in [-0.2, 0) is 0 Å². The standard InChI is InChI=1S/C11H19N5O/c12-6-7-16(9-4-2-1-3-5-9)11(17)10-8-13-15-14-10/h8-9H,1-7,12H2,(H,13,14,15). The minimum atomic E-state index is -0.0592. The molecule has 0 unspecified atom stereocenters. The van der Waals surface area contributed by atoms with Crippen LogP contribution in [0.4, 0.5) is 0 Å². The number of H-pyrrole nitrogens is 1. The molecular weight excluding hydrogens is 218 g/mol. The van der Waals surface area contributed by atoms with Gasteiger partial charge in [-0.2, -0.15) is 15.4 Å². The molecule has 1 aromatic rings. The summed E-state index contributed by atoms with van der Waals surface area (Å²) in [5.74, 6) is -0.0592. The lowest BCUT2D eigenvalue weighted by Gasteiger charge is -2.33. The van der Waals surface area contributed by atoms with Gasteiger partial charge < -0.3 is 10.6 Å². The maximum absolute atomic E-state index is 12.2. The molecule has 17 heavy (non-hydrogen) atoms. The molecule has 0 bridgehead atoms. The van der Waals surface area contributed by atoms with Crippen LogP contribution in [0.2, 0.25) is 0 Å². The van der Waals surface area contributed by atoms with Gasteiger partial charge in [0, 0.05) is 19.1 Å². The third-order valence-electron chi connectivity index (χ3n) is 3.28. The molecule has 6 nitrogen and oxygen atoms in total. The summed E-state index contributed by atoms with van der Waals surface area (Å²) in [5.41, 5.74) is 5.97. The average Bonchev–Trinajstić information content (AvgIpc) is 2.90. The van der Waals surface area contributed by atoms with Gasteiger partial charge in [0.05, 0.1) is 6.20 Å². The Morgan fingerprint density at radius 3 is 2.82 bits per heavy atom. The van der Waals surface area contributed by atoms with Crippen molar-refractivity contribution in [1.82, 2.24) is 20.3 Å². The van der Waals surface area contributed by atoms with Crippen molar-refractivity contribution in [3.05, 3.63) is 11.9 Å². The van der Waals surface area contributed by atoms with Crippen molar-refractivity contribution in [2.75, 3.05) is 13.1 Å². The van der Waals surface area contributed by atoms with Crippen LogP contribution in [0.3, 0.4) is 0 Å². The normalized spacial score (nSPS) is 17.0. The number of nitrogens with one attached hydrogen (secondary N) is 1. The summed E-state index contributed by atoms with van der Waals surface area (Å²) >= 11 is 0. The zero-order valence-electron chi connectivity index (χ0n) is 9.93. The zero-order valence-corrected chi connectivity index (χ0v) is 9.93. The quantitative estimate of drug-likeness (QED) is 0.800. The van der Waals surface area contributed by atoms with Gasteiger partial charge in [-0.3, -0.25) is 4.79 Å². The minimum absolute atomic E-state index is 0.0592. The highest BCUT2D eigenvalue weighted by Crippen LogP contribution is 2.23. The number of amides is 1. The van der Waals surface area contributed by atoms with Crippen LogP contribution in [0.25, 0.3) is 0 Å². The van der Waals surface area contributed by atoms with Gasteiger partial charge in [0.15, 0.2) is 5.69 Å². The summed E-state index contributed by atoms with van der Waals surface area (Å²) in [6.07, 6.45) is 7.27. The Hall–Kier alpha value is -1.43. The highest BCUT2D eigenvalue weighted by molar-refractivity contribution is 5.92. The van der Waals surface area contributed by atoms with Crippen LogP contribution in [-0.4, -0.2) is 45.3 Å². The minimum Gasteiger partial charge on any atom is -0.333 e. The highest BCUT2D eigenvalue weighted by atomic mass is 16.2. The van der Waals surface area contributed by atoms with Crippen molar-refractivity contribution >= 4 is 5.91 Å². The van der Waals surface area contributed by atoms with E-state index in [1.807, 2.05) is 4.90 Å². The number of aromatic nitrogens is 3. The third kappa shape index (κ3) is 2.82. The van der Waals surface area contributed by atoms with Crippen molar-refractivity contribution in [2.45, 2.75) is 38.1 Å². The SMILES string of the molecule is NCCN(C(=O)c1cn[nH]n1)C1CCCCC1. The van der Waals surface area contributed by atoms with E-state index in [1.54, 1.807) is 0 Å². The lowest BCUT2D eigenvalue weighted by atomic mass is 9.94. The molecule has 0 saturated heterocycles. The molecule has 1 aromatic heterocycles. The molecule has 0 spiro atoms. The van der Waals surface area contributed by atoms with Crippen molar-refractivity contribution in [1.29, 1.82) is 0 Å². The fraction of sp³-hybridized carbons (Fsp3) is 0.727. The number of nitrogens with two attached hydrogens (primary N) is 1. The number of hydrogen-bond donors (Lipinski definition) is 2. The van der Waals surface area contributed by atoms with E-state index in [1.165, 1.54) is 25.5 Å². The number of aromatic amines is 1. The van der Waals surface area contributed by atoms with Crippen LogP contribution < -0.4 is 5.73 Å². The Labute approximate surface area is 101 Å². The summed E-state index contributed by atoms with van der Waals surface area (Å²) in [4.78, 5) is 14.1. The molecule has 3 N–H and O–H groups in total. The number of carbonyl (C=O) groups is 1. The van der Waals surface area contributed by atoms with Gasteiger partial charge in [-0.1, -0.05) is 19.3 Å². The van der Waals surface area contributed by atoms with Crippen LogP contribution in [0.5, 0.6) is 0 Å². The molecule has 0 aromatic carbocycles. The number of carbonyl (C=O) groups excluding carboxylic acids is 1. The Bertz CT molecular complexity index is 345. The smallest absolute Gasteiger partial charge is 0.276 e. The van der Waals surface area contributed by atoms with Crippen LogP contribution in [0, 0.1) is 0 Å². The van der Waals surface area contributed by atoms with E-state index in [9.17, 15) is 4.79 Å². The molecule has 1 aliphatic carbocycles. The summed E-state index contributed by atoms with van der Waals surface area (Å²) in [7, 11) is 0.